The number of anilines is 1. The summed E-state index contributed by atoms with van der Waals surface area (Å²) in [5.41, 5.74) is 0.200. The normalized spacial score (nSPS) is 10.8. The molecule has 0 fully saturated rings. The van der Waals surface area contributed by atoms with Crippen LogP contribution in [0.1, 0.15) is 37.6 Å². The van der Waals surface area contributed by atoms with Crippen LogP contribution in [0.4, 0.5) is 5.69 Å². The number of carboxylic acid groups (broad SMARTS) is 1. The maximum absolute atomic E-state index is 11.8. The number of ether oxygens (including phenoxy) is 1. The minimum absolute atomic E-state index is 0.358. The molecule has 0 aliphatic carbocycles. The monoisotopic (exact) mass is 279 g/mol. The molecule has 0 radical (unpaired) electrons. The number of nitrogens with one attached hydrogen (secondary N) is 1. The second-order valence-electron chi connectivity index (χ2n) is 5.20. The maximum Gasteiger partial charge on any atom is 0.338 e. The third kappa shape index (κ3) is 5.51. The molecule has 1 aromatic rings. The summed E-state index contributed by atoms with van der Waals surface area (Å²) in [6.45, 7) is 5.31. The second kappa shape index (κ2) is 6.18. The van der Waals surface area contributed by atoms with Gasteiger partial charge in [-0.15, -0.1) is 0 Å². The fourth-order valence-electron chi connectivity index (χ4n) is 1.37. The molecule has 0 saturated heterocycles. The molecule has 0 bridgehead atoms. The lowest BCUT2D eigenvalue weighted by Crippen LogP contribution is -2.23. The van der Waals surface area contributed by atoms with E-state index in [1.54, 1.807) is 20.8 Å². The Bertz CT molecular complexity index is 513. The Kier molecular flexibility index (Phi) is 4.85. The van der Waals surface area contributed by atoms with Gasteiger partial charge in [0.25, 0.3) is 0 Å². The quantitative estimate of drug-likeness (QED) is 0.650. The first-order valence-corrected chi connectivity index (χ1v) is 6.02. The van der Waals surface area contributed by atoms with E-state index in [0.29, 0.717) is 11.3 Å². The molecule has 0 heterocycles. The molecule has 20 heavy (non-hydrogen) atoms. The molecule has 0 unspecified atom stereocenters. The number of hydrogen-bond acceptors (Lipinski definition) is 4. The van der Waals surface area contributed by atoms with Gasteiger partial charge in [0, 0.05) is 5.69 Å². The Hall–Kier alpha value is -2.37. The number of benzene rings is 1. The Morgan fingerprint density at radius 3 is 2.15 bits per heavy atom. The van der Waals surface area contributed by atoms with Gasteiger partial charge in [0.15, 0.2) is 0 Å². The highest BCUT2D eigenvalue weighted by Gasteiger charge is 2.17. The summed E-state index contributed by atoms with van der Waals surface area (Å²) in [6, 6.07) is 6.03. The van der Waals surface area contributed by atoms with E-state index in [1.807, 2.05) is 0 Å². The van der Waals surface area contributed by atoms with Crippen molar-refractivity contribution >= 4 is 23.5 Å². The standard InChI is InChI=1S/C14H17NO5/c1-14(2,3)20-13(19)9-4-6-10(7-5-9)15-11(16)8-12(17)18/h4-7H,8H2,1-3H3,(H,15,16)(H,17,18). The lowest BCUT2D eigenvalue weighted by molar-refractivity contribution is -0.139. The third-order valence-corrected chi connectivity index (χ3v) is 2.12. The lowest BCUT2D eigenvalue weighted by Gasteiger charge is -2.19. The third-order valence-electron chi connectivity index (χ3n) is 2.12. The average Bonchev–Trinajstić information content (AvgIpc) is 2.26. The van der Waals surface area contributed by atoms with Crippen LogP contribution in [-0.2, 0) is 14.3 Å². The van der Waals surface area contributed by atoms with Crippen LogP contribution in [0.3, 0.4) is 0 Å². The number of carbonyl (C=O) groups is 3. The van der Waals surface area contributed by atoms with Crippen LogP contribution >= 0.6 is 0 Å². The zero-order chi connectivity index (χ0) is 15.3. The summed E-state index contributed by atoms with van der Waals surface area (Å²) in [6.07, 6.45) is -0.603. The van der Waals surface area contributed by atoms with Crippen molar-refractivity contribution in [3.8, 4) is 0 Å². The van der Waals surface area contributed by atoms with Gasteiger partial charge in [-0.1, -0.05) is 0 Å². The molecular formula is C14H17NO5. The molecular weight excluding hydrogens is 262 g/mol. The predicted octanol–water partition coefficient (Wildman–Crippen LogP) is 2.06. The van der Waals surface area contributed by atoms with Crippen molar-refractivity contribution in [3.63, 3.8) is 0 Å². The molecule has 0 aromatic heterocycles. The fraction of sp³-hybridized carbons (Fsp3) is 0.357. The van der Waals surface area contributed by atoms with Crippen molar-refractivity contribution in [1.82, 2.24) is 0 Å². The average molecular weight is 279 g/mol. The summed E-state index contributed by atoms with van der Waals surface area (Å²) in [4.78, 5) is 33.4. The van der Waals surface area contributed by atoms with Gasteiger partial charge in [-0.2, -0.15) is 0 Å². The number of hydrogen-bond donors (Lipinski definition) is 2. The highest BCUT2D eigenvalue weighted by atomic mass is 16.6. The minimum atomic E-state index is -1.20. The van der Waals surface area contributed by atoms with Gasteiger partial charge in [-0.05, 0) is 45.0 Å². The first-order valence-electron chi connectivity index (χ1n) is 6.02. The fourth-order valence-corrected chi connectivity index (χ4v) is 1.37. The molecule has 0 spiro atoms. The number of aliphatic carboxylic acids is 1. The summed E-state index contributed by atoms with van der Waals surface area (Å²) < 4.78 is 5.19. The SMILES string of the molecule is CC(C)(C)OC(=O)c1ccc(NC(=O)CC(=O)O)cc1. The second-order valence-corrected chi connectivity index (χ2v) is 5.20. The molecule has 108 valence electrons. The van der Waals surface area contributed by atoms with Crippen LogP contribution < -0.4 is 5.32 Å². The van der Waals surface area contributed by atoms with Crippen LogP contribution in [0.5, 0.6) is 0 Å². The van der Waals surface area contributed by atoms with Gasteiger partial charge >= 0.3 is 11.9 Å². The van der Waals surface area contributed by atoms with Gasteiger partial charge in [0.1, 0.15) is 12.0 Å². The van der Waals surface area contributed by atoms with Gasteiger partial charge < -0.3 is 15.2 Å². The van der Waals surface area contributed by atoms with E-state index < -0.39 is 29.9 Å². The van der Waals surface area contributed by atoms with Crippen molar-refractivity contribution in [3.05, 3.63) is 29.8 Å². The lowest BCUT2D eigenvalue weighted by atomic mass is 10.1. The molecule has 0 saturated carbocycles. The number of amides is 1. The molecule has 1 amide bonds. The van der Waals surface area contributed by atoms with E-state index >= 15 is 0 Å². The molecule has 0 aliphatic rings. The van der Waals surface area contributed by atoms with Gasteiger partial charge in [0.2, 0.25) is 5.91 Å². The number of esters is 1. The van der Waals surface area contributed by atoms with Crippen molar-refractivity contribution in [1.29, 1.82) is 0 Å². The van der Waals surface area contributed by atoms with E-state index in [0.717, 1.165) is 0 Å². The highest BCUT2D eigenvalue weighted by molar-refractivity contribution is 6.01. The first kappa shape index (κ1) is 15.7. The molecule has 2 N–H and O–H groups in total. The molecule has 1 rings (SSSR count). The maximum atomic E-state index is 11.8. The first-order chi connectivity index (χ1) is 9.17. The topological polar surface area (TPSA) is 92.7 Å². The Morgan fingerprint density at radius 2 is 1.70 bits per heavy atom. The van der Waals surface area contributed by atoms with Crippen LogP contribution in [0.15, 0.2) is 24.3 Å². The zero-order valence-electron chi connectivity index (χ0n) is 11.6. The summed E-state index contributed by atoms with van der Waals surface area (Å²) in [5.74, 6) is -2.28. The largest absolute Gasteiger partial charge is 0.481 e. The van der Waals surface area contributed by atoms with E-state index in [4.69, 9.17) is 9.84 Å². The van der Waals surface area contributed by atoms with E-state index in [9.17, 15) is 14.4 Å². The van der Waals surface area contributed by atoms with Crippen LogP contribution in [-0.4, -0.2) is 28.6 Å². The molecule has 0 aliphatic heterocycles. The Morgan fingerprint density at radius 1 is 1.15 bits per heavy atom. The van der Waals surface area contributed by atoms with E-state index in [2.05, 4.69) is 5.32 Å². The summed E-state index contributed by atoms with van der Waals surface area (Å²) in [7, 11) is 0. The van der Waals surface area contributed by atoms with Gasteiger partial charge in [0.05, 0.1) is 5.56 Å². The number of carbonyl (C=O) groups excluding carboxylic acids is 2. The van der Waals surface area contributed by atoms with E-state index in [1.165, 1.54) is 24.3 Å². The van der Waals surface area contributed by atoms with Crippen molar-refractivity contribution in [2.24, 2.45) is 0 Å². The highest BCUT2D eigenvalue weighted by Crippen LogP contribution is 2.14. The molecule has 0 atom stereocenters. The summed E-state index contributed by atoms with van der Waals surface area (Å²) >= 11 is 0. The molecule has 6 nitrogen and oxygen atoms in total. The number of carboxylic acids is 1. The van der Waals surface area contributed by atoms with Crippen LogP contribution in [0, 0.1) is 0 Å². The van der Waals surface area contributed by atoms with E-state index in [-0.39, 0.29) is 0 Å². The predicted molar refractivity (Wildman–Crippen MR) is 72.5 cm³/mol. The van der Waals surface area contributed by atoms with Gasteiger partial charge in [-0.25, -0.2) is 4.79 Å². The molecule has 6 heteroatoms. The van der Waals surface area contributed by atoms with Crippen LogP contribution in [0.2, 0.25) is 0 Å². The summed E-state index contributed by atoms with van der Waals surface area (Å²) in [5, 5.41) is 10.9. The smallest absolute Gasteiger partial charge is 0.338 e. The van der Waals surface area contributed by atoms with Crippen molar-refractivity contribution < 1.29 is 24.2 Å². The van der Waals surface area contributed by atoms with Crippen molar-refractivity contribution in [2.75, 3.05) is 5.32 Å². The Balaban J connectivity index is 2.67. The van der Waals surface area contributed by atoms with Crippen molar-refractivity contribution in [2.45, 2.75) is 32.8 Å². The Labute approximate surface area is 116 Å². The number of rotatable bonds is 4. The minimum Gasteiger partial charge on any atom is -0.481 e. The van der Waals surface area contributed by atoms with Gasteiger partial charge in [-0.3, -0.25) is 9.59 Å². The zero-order valence-corrected chi connectivity index (χ0v) is 11.6. The molecule has 1 aromatic carbocycles. The van der Waals surface area contributed by atoms with Crippen LogP contribution in [0.25, 0.3) is 0 Å².